The molecule has 2 aliphatic heterocycles. The fourth-order valence-electron chi connectivity index (χ4n) is 3.83. The van der Waals surface area contributed by atoms with Gasteiger partial charge >= 0.3 is 0 Å². The molecule has 3 aromatic rings. The molecule has 2 heterocycles. The molecule has 0 unspecified atom stereocenters. The Morgan fingerprint density at radius 1 is 0.966 bits per heavy atom. The first kappa shape index (κ1) is 19.4. The van der Waals surface area contributed by atoms with Crippen molar-refractivity contribution >= 4 is 60.8 Å². The van der Waals surface area contributed by atoms with E-state index in [2.05, 4.69) is 50.1 Å². The third-order valence-electron chi connectivity index (χ3n) is 5.14. The Bertz CT molecular complexity index is 1140. The predicted molar refractivity (Wildman–Crippen MR) is 124 cm³/mol. The molecule has 0 N–H and O–H groups in total. The molecule has 0 spiro atoms. The van der Waals surface area contributed by atoms with E-state index in [1.807, 2.05) is 41.4 Å². The monoisotopic (exact) mass is 550 g/mol. The van der Waals surface area contributed by atoms with Crippen LogP contribution in [0.25, 0.3) is 0 Å². The molecule has 0 amide bonds. The van der Waals surface area contributed by atoms with E-state index in [-0.39, 0.29) is 6.04 Å². The van der Waals surface area contributed by atoms with Crippen LogP contribution >= 0.6 is 55.1 Å². The van der Waals surface area contributed by atoms with Gasteiger partial charge in [0.15, 0.2) is 0 Å². The van der Waals surface area contributed by atoms with Gasteiger partial charge in [0.1, 0.15) is 5.75 Å². The molecule has 0 saturated heterocycles. The van der Waals surface area contributed by atoms with E-state index >= 15 is 0 Å². The van der Waals surface area contributed by atoms with Gasteiger partial charge in [-0.1, -0.05) is 75.5 Å². The summed E-state index contributed by atoms with van der Waals surface area (Å²) in [6.45, 7) is 0. The molecule has 7 heteroatoms. The van der Waals surface area contributed by atoms with Crippen molar-refractivity contribution in [2.75, 3.05) is 0 Å². The lowest BCUT2D eigenvalue weighted by molar-refractivity contribution is -0.0196. The molecule has 0 aromatic heterocycles. The zero-order chi connectivity index (χ0) is 20.1. The first-order valence-corrected chi connectivity index (χ1v) is 11.4. The van der Waals surface area contributed by atoms with Crippen molar-refractivity contribution in [1.29, 1.82) is 0 Å². The van der Waals surface area contributed by atoms with Gasteiger partial charge in [-0.25, -0.2) is 5.01 Å². The second-order valence-corrected chi connectivity index (χ2v) is 9.57. The first-order valence-electron chi connectivity index (χ1n) is 9.03. The summed E-state index contributed by atoms with van der Waals surface area (Å²) in [6.07, 6.45) is 0.335. The Morgan fingerprint density at radius 2 is 1.76 bits per heavy atom. The molecule has 2 aliphatic rings. The molecule has 0 radical (unpaired) electrons. The maximum Gasteiger partial charge on any atom is 0.215 e. The number of hydrogen-bond acceptors (Lipinski definition) is 3. The van der Waals surface area contributed by atoms with E-state index in [9.17, 15) is 0 Å². The molecular formula is C22H14Br2Cl2N2O. The summed E-state index contributed by atoms with van der Waals surface area (Å²) in [5.74, 6) is 0.815. The number of halogens is 4. The fraction of sp³-hybridized carbons (Fsp3) is 0.136. The first-order chi connectivity index (χ1) is 14.0. The van der Waals surface area contributed by atoms with Crippen molar-refractivity contribution in [3.8, 4) is 5.75 Å². The lowest BCUT2D eigenvalue weighted by Crippen LogP contribution is -2.34. The van der Waals surface area contributed by atoms with Crippen LogP contribution in [0.2, 0.25) is 10.0 Å². The number of ether oxygens (including phenoxy) is 1. The molecule has 29 heavy (non-hydrogen) atoms. The van der Waals surface area contributed by atoms with Gasteiger partial charge in [-0.2, -0.15) is 5.10 Å². The minimum absolute atomic E-state index is 0.0412. The van der Waals surface area contributed by atoms with Crippen LogP contribution in [0.5, 0.6) is 5.75 Å². The summed E-state index contributed by atoms with van der Waals surface area (Å²) in [5, 5.41) is 8.12. The third-order valence-corrected chi connectivity index (χ3v) is 6.75. The van der Waals surface area contributed by atoms with Crippen molar-refractivity contribution in [3.63, 3.8) is 0 Å². The second-order valence-electron chi connectivity index (χ2n) is 6.95. The van der Waals surface area contributed by atoms with Gasteiger partial charge in [-0.05, 0) is 45.8 Å². The highest BCUT2D eigenvalue weighted by atomic mass is 79.9. The van der Waals surface area contributed by atoms with Gasteiger partial charge in [-0.15, -0.1) is 0 Å². The predicted octanol–water partition coefficient (Wildman–Crippen LogP) is 7.76. The zero-order valence-electron chi connectivity index (χ0n) is 14.9. The summed E-state index contributed by atoms with van der Waals surface area (Å²) in [5.41, 5.74) is 4.05. The number of fused-ring (bicyclic) bond motifs is 3. The number of benzene rings is 3. The summed E-state index contributed by atoms with van der Waals surface area (Å²) in [4.78, 5) is 0. The van der Waals surface area contributed by atoms with Gasteiger partial charge < -0.3 is 4.74 Å². The molecule has 146 valence electrons. The molecule has 0 aliphatic carbocycles. The highest BCUT2D eigenvalue weighted by Crippen LogP contribution is 2.51. The van der Waals surface area contributed by atoms with Crippen LogP contribution in [0.4, 0.5) is 0 Å². The van der Waals surface area contributed by atoms with E-state index in [1.54, 1.807) is 6.07 Å². The minimum Gasteiger partial charge on any atom is -0.463 e. The van der Waals surface area contributed by atoms with E-state index in [0.29, 0.717) is 10.0 Å². The summed E-state index contributed by atoms with van der Waals surface area (Å²) in [7, 11) is 0. The molecule has 5 rings (SSSR count). The fourth-order valence-corrected chi connectivity index (χ4v) is 5.68. The molecule has 3 aromatic carbocycles. The van der Waals surface area contributed by atoms with Crippen LogP contribution in [0.3, 0.4) is 0 Å². The molecule has 0 saturated carbocycles. The molecule has 3 nitrogen and oxygen atoms in total. The summed E-state index contributed by atoms with van der Waals surface area (Å²) in [6, 6.07) is 19.8. The SMILES string of the molecule is Clc1ccc([C@H]2Oc3c(Br)cc(Br)cc3[C@H]3CC(c4ccccc4)=NN32)c(Cl)c1. The minimum atomic E-state index is -0.448. The van der Waals surface area contributed by atoms with Gasteiger partial charge in [-0.3, -0.25) is 0 Å². The van der Waals surface area contributed by atoms with Crippen LogP contribution in [-0.2, 0) is 0 Å². The zero-order valence-corrected chi connectivity index (χ0v) is 19.6. The van der Waals surface area contributed by atoms with Crippen molar-refractivity contribution in [3.05, 3.63) is 96.3 Å². The van der Waals surface area contributed by atoms with E-state index in [0.717, 1.165) is 43.5 Å². The Kier molecular flexibility index (Phi) is 5.11. The largest absolute Gasteiger partial charge is 0.463 e. The Balaban J connectivity index is 1.66. The van der Waals surface area contributed by atoms with Crippen LogP contribution in [0.15, 0.2) is 74.7 Å². The Morgan fingerprint density at radius 3 is 2.52 bits per heavy atom. The number of hydrazone groups is 1. The molecule has 0 fully saturated rings. The number of rotatable bonds is 2. The normalized spacial score (nSPS) is 20.0. The average molecular weight is 553 g/mol. The van der Waals surface area contributed by atoms with Crippen molar-refractivity contribution in [2.45, 2.75) is 18.7 Å². The van der Waals surface area contributed by atoms with Crippen molar-refractivity contribution < 1.29 is 4.74 Å². The third kappa shape index (κ3) is 3.48. The smallest absolute Gasteiger partial charge is 0.215 e. The topological polar surface area (TPSA) is 24.8 Å². The van der Waals surface area contributed by atoms with Gasteiger partial charge in [0.2, 0.25) is 6.23 Å². The molecule has 0 bridgehead atoms. The molecular weight excluding hydrogens is 539 g/mol. The highest BCUT2D eigenvalue weighted by Gasteiger charge is 2.42. The van der Waals surface area contributed by atoms with Gasteiger partial charge in [0, 0.05) is 27.0 Å². The van der Waals surface area contributed by atoms with E-state index in [4.69, 9.17) is 33.0 Å². The quantitative estimate of drug-likeness (QED) is 0.324. The van der Waals surface area contributed by atoms with Crippen LogP contribution in [0, 0.1) is 0 Å². The Hall–Kier alpha value is -1.53. The van der Waals surface area contributed by atoms with Gasteiger partial charge in [0.25, 0.3) is 0 Å². The lowest BCUT2D eigenvalue weighted by Gasteiger charge is -2.39. The maximum absolute atomic E-state index is 6.54. The number of nitrogens with zero attached hydrogens (tertiary/aromatic N) is 2. The van der Waals surface area contributed by atoms with Gasteiger partial charge in [0.05, 0.1) is 21.2 Å². The standard InChI is InChI=1S/C22H14Br2Cl2N2O/c23-13-8-16-20-11-19(12-4-2-1-3-5-12)27-28(20)22(29-21(16)17(24)9-13)15-7-6-14(25)10-18(15)26/h1-10,20,22H,11H2/t20-,22-/m1/s1. The highest BCUT2D eigenvalue weighted by molar-refractivity contribution is 9.11. The summed E-state index contributed by atoms with van der Waals surface area (Å²) >= 11 is 19.9. The summed E-state index contributed by atoms with van der Waals surface area (Å²) < 4.78 is 8.33. The number of hydrogen-bond donors (Lipinski definition) is 0. The lowest BCUT2D eigenvalue weighted by atomic mass is 9.96. The van der Waals surface area contributed by atoms with Crippen LogP contribution < -0.4 is 4.74 Å². The van der Waals surface area contributed by atoms with Crippen molar-refractivity contribution in [2.24, 2.45) is 5.10 Å². The van der Waals surface area contributed by atoms with E-state index in [1.165, 1.54) is 0 Å². The van der Waals surface area contributed by atoms with Crippen molar-refractivity contribution in [1.82, 2.24) is 5.01 Å². The maximum atomic E-state index is 6.54. The second kappa shape index (κ2) is 7.62. The average Bonchev–Trinajstić information content (AvgIpc) is 3.15. The van der Waals surface area contributed by atoms with Crippen LogP contribution in [0.1, 0.15) is 35.4 Å². The molecule has 2 atom stereocenters. The Labute approximate surface area is 195 Å². The van der Waals surface area contributed by atoms with E-state index < -0.39 is 6.23 Å². The van der Waals surface area contributed by atoms with Crippen LogP contribution in [-0.4, -0.2) is 10.7 Å².